The summed E-state index contributed by atoms with van der Waals surface area (Å²) in [7, 11) is 1.55. The summed E-state index contributed by atoms with van der Waals surface area (Å²) in [6.07, 6.45) is 3.32. The minimum atomic E-state index is -0.707. The molecule has 0 N–H and O–H groups in total. The number of aromatic nitrogens is 1. The van der Waals surface area contributed by atoms with Crippen molar-refractivity contribution in [1.29, 1.82) is 0 Å². The maximum absolute atomic E-state index is 13.8. The fourth-order valence-corrected chi connectivity index (χ4v) is 4.00. The number of hydrogen-bond acceptors (Lipinski definition) is 5. The van der Waals surface area contributed by atoms with E-state index in [2.05, 4.69) is 4.98 Å². The van der Waals surface area contributed by atoms with Gasteiger partial charge in [0.2, 0.25) is 5.76 Å². The molecule has 0 fully saturated rings. The van der Waals surface area contributed by atoms with E-state index in [1.165, 1.54) is 12.1 Å². The van der Waals surface area contributed by atoms with Crippen LogP contribution in [0.4, 0.5) is 4.39 Å². The highest BCUT2D eigenvalue weighted by Crippen LogP contribution is 2.39. The zero-order chi connectivity index (χ0) is 21.5. The number of hydrogen-bond donors (Lipinski definition) is 0. The van der Waals surface area contributed by atoms with Crippen molar-refractivity contribution in [3.8, 4) is 5.75 Å². The Morgan fingerprint density at radius 2 is 2.00 bits per heavy atom. The largest absolute Gasteiger partial charge is 0.497 e. The van der Waals surface area contributed by atoms with Crippen molar-refractivity contribution in [1.82, 2.24) is 9.88 Å². The van der Waals surface area contributed by atoms with Crippen LogP contribution in [0.2, 0.25) is 0 Å². The van der Waals surface area contributed by atoms with Crippen molar-refractivity contribution in [2.45, 2.75) is 12.6 Å². The molecule has 0 radical (unpaired) electrons. The number of methoxy groups -OCH3 is 1. The molecule has 3 heterocycles. The zero-order valence-corrected chi connectivity index (χ0v) is 16.5. The van der Waals surface area contributed by atoms with Crippen molar-refractivity contribution >= 4 is 16.9 Å². The molecule has 0 saturated carbocycles. The second kappa shape index (κ2) is 7.36. The number of carbonyl (C=O) groups is 1. The van der Waals surface area contributed by atoms with Gasteiger partial charge in [-0.25, -0.2) is 4.39 Å². The van der Waals surface area contributed by atoms with Gasteiger partial charge in [-0.2, -0.15) is 0 Å². The standard InChI is InChI=1S/C24H17FN2O4/c1-30-17-6-2-5-15(10-17)21-20-22(28)18-11-16(25)7-8-19(18)31-23(20)24(29)27(21)13-14-4-3-9-26-12-14/h2-12,21H,13H2,1H3. The van der Waals surface area contributed by atoms with Gasteiger partial charge in [0.25, 0.3) is 5.91 Å². The van der Waals surface area contributed by atoms with Gasteiger partial charge in [-0.05, 0) is 47.5 Å². The van der Waals surface area contributed by atoms with Crippen LogP contribution in [-0.4, -0.2) is 22.9 Å². The number of fused-ring (bicyclic) bond motifs is 2. The molecule has 31 heavy (non-hydrogen) atoms. The number of amides is 1. The third-order valence-electron chi connectivity index (χ3n) is 5.41. The topological polar surface area (TPSA) is 72.6 Å². The van der Waals surface area contributed by atoms with Gasteiger partial charge in [-0.3, -0.25) is 14.6 Å². The minimum Gasteiger partial charge on any atom is -0.497 e. The predicted octanol–water partition coefficient (Wildman–Crippen LogP) is 4.08. The van der Waals surface area contributed by atoms with Gasteiger partial charge in [0.1, 0.15) is 17.1 Å². The Kier molecular flexibility index (Phi) is 4.51. The number of halogens is 1. The Bertz CT molecular complexity index is 1370. The average molecular weight is 416 g/mol. The lowest BCUT2D eigenvalue weighted by Gasteiger charge is -2.25. The molecule has 154 valence electrons. The maximum Gasteiger partial charge on any atom is 0.291 e. The number of carbonyl (C=O) groups excluding carboxylic acids is 1. The molecule has 1 unspecified atom stereocenters. The van der Waals surface area contributed by atoms with Crippen LogP contribution >= 0.6 is 0 Å². The van der Waals surface area contributed by atoms with Crippen LogP contribution in [0, 0.1) is 5.82 Å². The van der Waals surface area contributed by atoms with E-state index in [0.29, 0.717) is 11.3 Å². The maximum atomic E-state index is 13.8. The van der Waals surface area contributed by atoms with Gasteiger partial charge in [0, 0.05) is 18.9 Å². The van der Waals surface area contributed by atoms with E-state index in [0.717, 1.165) is 11.6 Å². The highest BCUT2D eigenvalue weighted by atomic mass is 19.1. The SMILES string of the molecule is COc1cccc(C2c3c(oc4ccc(F)cc4c3=O)C(=O)N2Cc2cccnc2)c1. The van der Waals surface area contributed by atoms with Crippen molar-refractivity contribution in [3.05, 3.63) is 105 Å². The molecule has 7 heteroatoms. The summed E-state index contributed by atoms with van der Waals surface area (Å²) >= 11 is 0. The van der Waals surface area contributed by atoms with Gasteiger partial charge in [-0.15, -0.1) is 0 Å². The summed E-state index contributed by atoms with van der Waals surface area (Å²) in [4.78, 5) is 32.5. The highest BCUT2D eigenvalue weighted by Gasteiger charge is 2.42. The Labute approximate surface area is 176 Å². The molecule has 0 aliphatic carbocycles. The molecular weight excluding hydrogens is 399 g/mol. The van der Waals surface area contributed by atoms with E-state index in [9.17, 15) is 14.0 Å². The van der Waals surface area contributed by atoms with Crippen LogP contribution in [-0.2, 0) is 6.54 Å². The normalized spacial score (nSPS) is 15.4. The number of pyridine rings is 1. The van der Waals surface area contributed by atoms with Gasteiger partial charge in [0.05, 0.1) is 24.1 Å². The zero-order valence-electron chi connectivity index (χ0n) is 16.5. The smallest absolute Gasteiger partial charge is 0.291 e. The summed E-state index contributed by atoms with van der Waals surface area (Å²) in [6.45, 7) is 0.225. The van der Waals surface area contributed by atoms with Gasteiger partial charge in [0.15, 0.2) is 5.43 Å². The average Bonchev–Trinajstić information content (AvgIpc) is 3.07. The fraction of sp³-hybridized carbons (Fsp3) is 0.125. The molecule has 1 atom stereocenters. The van der Waals surface area contributed by atoms with Crippen molar-refractivity contribution < 1.29 is 18.3 Å². The van der Waals surface area contributed by atoms with Crippen LogP contribution in [0.15, 0.2) is 76.2 Å². The molecule has 2 aromatic carbocycles. The van der Waals surface area contributed by atoms with E-state index >= 15 is 0 Å². The molecule has 2 aromatic heterocycles. The monoisotopic (exact) mass is 416 g/mol. The lowest BCUT2D eigenvalue weighted by molar-refractivity contribution is 0.0714. The molecule has 5 rings (SSSR count). The molecule has 4 aromatic rings. The summed E-state index contributed by atoms with van der Waals surface area (Å²) in [5.74, 6) is -0.388. The van der Waals surface area contributed by atoms with Crippen LogP contribution in [0.3, 0.4) is 0 Å². The van der Waals surface area contributed by atoms with Crippen LogP contribution in [0.1, 0.15) is 33.3 Å². The first-order valence-corrected chi connectivity index (χ1v) is 9.67. The Hall–Kier alpha value is -4.00. The first-order chi connectivity index (χ1) is 15.1. The molecule has 1 amide bonds. The number of ether oxygens (including phenoxy) is 1. The third-order valence-corrected chi connectivity index (χ3v) is 5.41. The molecule has 0 spiro atoms. The van der Waals surface area contributed by atoms with Crippen LogP contribution in [0.25, 0.3) is 11.0 Å². The van der Waals surface area contributed by atoms with E-state index in [4.69, 9.17) is 9.15 Å². The molecule has 0 bridgehead atoms. The van der Waals surface area contributed by atoms with E-state index < -0.39 is 23.2 Å². The van der Waals surface area contributed by atoms with E-state index in [1.807, 2.05) is 12.1 Å². The molecule has 1 aliphatic rings. The van der Waals surface area contributed by atoms with Gasteiger partial charge >= 0.3 is 0 Å². The number of nitrogens with zero attached hydrogens (tertiary/aromatic N) is 2. The Morgan fingerprint density at radius 1 is 1.13 bits per heavy atom. The quantitative estimate of drug-likeness (QED) is 0.501. The lowest BCUT2D eigenvalue weighted by atomic mass is 9.98. The van der Waals surface area contributed by atoms with Gasteiger partial charge < -0.3 is 14.1 Å². The summed E-state index contributed by atoms with van der Waals surface area (Å²) in [5.41, 5.74) is 1.44. The van der Waals surface area contributed by atoms with Crippen molar-refractivity contribution in [2.75, 3.05) is 7.11 Å². The summed E-state index contributed by atoms with van der Waals surface area (Å²) < 4.78 is 25.0. The third kappa shape index (κ3) is 3.15. The molecular formula is C24H17FN2O4. The summed E-state index contributed by atoms with van der Waals surface area (Å²) in [5, 5.41) is 0.0997. The molecule has 0 saturated heterocycles. The first kappa shape index (κ1) is 19.0. The predicted molar refractivity (Wildman–Crippen MR) is 111 cm³/mol. The second-order valence-corrected chi connectivity index (χ2v) is 7.29. The van der Waals surface area contributed by atoms with Crippen molar-refractivity contribution in [2.24, 2.45) is 0 Å². The lowest BCUT2D eigenvalue weighted by Crippen LogP contribution is -2.29. The Balaban J connectivity index is 1.75. The first-order valence-electron chi connectivity index (χ1n) is 9.67. The second-order valence-electron chi connectivity index (χ2n) is 7.29. The van der Waals surface area contributed by atoms with E-state index in [1.54, 1.807) is 48.7 Å². The molecule has 6 nitrogen and oxygen atoms in total. The van der Waals surface area contributed by atoms with Crippen LogP contribution in [0.5, 0.6) is 5.75 Å². The number of rotatable bonds is 4. The Morgan fingerprint density at radius 3 is 2.77 bits per heavy atom. The van der Waals surface area contributed by atoms with Crippen LogP contribution < -0.4 is 10.2 Å². The highest BCUT2D eigenvalue weighted by molar-refractivity contribution is 5.99. The van der Waals surface area contributed by atoms with E-state index in [-0.39, 0.29) is 28.8 Å². The fourth-order valence-electron chi connectivity index (χ4n) is 4.00. The minimum absolute atomic E-state index is 0.0270. The molecule has 1 aliphatic heterocycles. The number of benzene rings is 2. The summed E-state index contributed by atoms with van der Waals surface area (Å²) in [6, 6.07) is 13.8. The van der Waals surface area contributed by atoms with Gasteiger partial charge in [-0.1, -0.05) is 18.2 Å². The van der Waals surface area contributed by atoms with Crippen molar-refractivity contribution in [3.63, 3.8) is 0 Å².